The van der Waals surface area contributed by atoms with E-state index in [9.17, 15) is 13.2 Å². The summed E-state index contributed by atoms with van der Waals surface area (Å²) in [5.41, 5.74) is 6.25. The highest BCUT2D eigenvalue weighted by molar-refractivity contribution is 5.76. The van der Waals surface area contributed by atoms with E-state index in [2.05, 4.69) is 4.98 Å². The van der Waals surface area contributed by atoms with E-state index in [-0.39, 0.29) is 6.54 Å². The predicted octanol–water partition coefficient (Wildman–Crippen LogP) is 2.79. The van der Waals surface area contributed by atoms with Crippen LogP contribution < -0.4 is 5.73 Å². The molecular weight excluding hydrogens is 243 g/mol. The maximum Gasteiger partial charge on any atom is 0.449 e. The van der Waals surface area contributed by atoms with Crippen molar-refractivity contribution in [1.82, 2.24) is 9.55 Å². The number of alkyl halides is 3. The van der Waals surface area contributed by atoms with Crippen molar-refractivity contribution < 1.29 is 13.2 Å². The van der Waals surface area contributed by atoms with Gasteiger partial charge in [-0.05, 0) is 31.5 Å². The number of hydrogen-bond donors (Lipinski definition) is 1. The van der Waals surface area contributed by atoms with Crippen molar-refractivity contribution in [3.8, 4) is 0 Å². The highest BCUT2D eigenvalue weighted by atomic mass is 19.4. The fourth-order valence-corrected chi connectivity index (χ4v) is 1.93. The lowest BCUT2D eigenvalue weighted by Crippen LogP contribution is -2.15. The SMILES string of the molecule is NCCCCn1c(C(F)(F)F)nc2ccccc21. The third-order valence-electron chi connectivity index (χ3n) is 2.74. The van der Waals surface area contributed by atoms with Gasteiger partial charge in [0.2, 0.25) is 5.82 Å². The molecule has 1 heterocycles. The van der Waals surface area contributed by atoms with Gasteiger partial charge in [0, 0.05) is 6.54 Å². The maximum atomic E-state index is 12.9. The minimum absolute atomic E-state index is 0.284. The fraction of sp³-hybridized carbons (Fsp3) is 0.417. The topological polar surface area (TPSA) is 43.8 Å². The largest absolute Gasteiger partial charge is 0.449 e. The van der Waals surface area contributed by atoms with Crippen LogP contribution in [0.4, 0.5) is 13.2 Å². The molecule has 0 spiro atoms. The van der Waals surface area contributed by atoms with Gasteiger partial charge in [-0.1, -0.05) is 12.1 Å². The molecule has 0 amide bonds. The number of imidazole rings is 1. The van der Waals surface area contributed by atoms with Crippen LogP contribution >= 0.6 is 0 Å². The molecule has 2 N–H and O–H groups in total. The van der Waals surface area contributed by atoms with Crippen LogP contribution in [0, 0.1) is 0 Å². The Kier molecular flexibility index (Phi) is 3.56. The first-order valence-electron chi connectivity index (χ1n) is 5.76. The zero-order valence-corrected chi connectivity index (χ0v) is 9.74. The minimum Gasteiger partial charge on any atom is -0.330 e. The summed E-state index contributed by atoms with van der Waals surface area (Å²) in [7, 11) is 0. The number of nitrogens with zero attached hydrogens (tertiary/aromatic N) is 2. The Morgan fingerprint density at radius 3 is 2.56 bits per heavy atom. The van der Waals surface area contributed by atoms with Crippen molar-refractivity contribution in [1.29, 1.82) is 0 Å². The summed E-state index contributed by atoms with van der Waals surface area (Å²) in [5.74, 6) is -0.833. The van der Waals surface area contributed by atoms with E-state index in [1.165, 1.54) is 4.57 Å². The number of rotatable bonds is 4. The first kappa shape index (κ1) is 12.9. The molecule has 2 aromatic rings. The smallest absolute Gasteiger partial charge is 0.330 e. The summed E-state index contributed by atoms with van der Waals surface area (Å²) >= 11 is 0. The molecule has 0 saturated heterocycles. The molecule has 98 valence electrons. The van der Waals surface area contributed by atoms with Crippen LogP contribution in [0.2, 0.25) is 0 Å². The number of fused-ring (bicyclic) bond motifs is 1. The molecule has 0 unspecified atom stereocenters. The Morgan fingerprint density at radius 1 is 1.17 bits per heavy atom. The molecule has 2 rings (SSSR count). The first-order chi connectivity index (χ1) is 8.54. The Hall–Kier alpha value is -1.56. The van der Waals surface area contributed by atoms with Gasteiger partial charge in [-0.15, -0.1) is 0 Å². The third kappa shape index (κ3) is 2.48. The van der Waals surface area contributed by atoms with Gasteiger partial charge in [-0.3, -0.25) is 0 Å². The summed E-state index contributed by atoms with van der Waals surface area (Å²) in [5, 5.41) is 0. The van der Waals surface area contributed by atoms with Crippen LogP contribution in [-0.4, -0.2) is 16.1 Å². The monoisotopic (exact) mass is 257 g/mol. The van der Waals surface area contributed by atoms with Crippen LogP contribution in [0.25, 0.3) is 11.0 Å². The third-order valence-corrected chi connectivity index (χ3v) is 2.74. The van der Waals surface area contributed by atoms with E-state index in [4.69, 9.17) is 5.73 Å². The van der Waals surface area contributed by atoms with Gasteiger partial charge in [-0.2, -0.15) is 13.2 Å². The van der Waals surface area contributed by atoms with E-state index in [0.29, 0.717) is 30.4 Å². The molecule has 6 heteroatoms. The molecule has 0 atom stereocenters. The lowest BCUT2D eigenvalue weighted by atomic mass is 10.3. The standard InChI is InChI=1S/C12H14F3N3/c13-12(14,15)11-17-9-5-1-2-6-10(9)18(11)8-4-3-7-16/h1-2,5-6H,3-4,7-8,16H2. The molecule has 0 bridgehead atoms. The predicted molar refractivity (Wildman–Crippen MR) is 63.0 cm³/mol. The van der Waals surface area contributed by atoms with Crippen molar-refractivity contribution in [2.24, 2.45) is 5.73 Å². The number of aryl methyl sites for hydroxylation is 1. The molecule has 0 radical (unpaired) electrons. The summed E-state index contributed by atoms with van der Waals surface area (Å²) in [6, 6.07) is 6.63. The molecule has 0 saturated carbocycles. The lowest BCUT2D eigenvalue weighted by Gasteiger charge is -2.10. The number of aromatic nitrogens is 2. The van der Waals surface area contributed by atoms with E-state index < -0.39 is 12.0 Å². The number of hydrogen-bond acceptors (Lipinski definition) is 2. The van der Waals surface area contributed by atoms with E-state index in [1.54, 1.807) is 24.3 Å². The van der Waals surface area contributed by atoms with Crippen LogP contribution in [0.15, 0.2) is 24.3 Å². The van der Waals surface area contributed by atoms with Gasteiger partial charge >= 0.3 is 6.18 Å². The lowest BCUT2D eigenvalue weighted by molar-refractivity contribution is -0.146. The molecule has 0 aliphatic carbocycles. The molecule has 1 aromatic carbocycles. The Bertz CT molecular complexity index is 531. The molecule has 0 aliphatic heterocycles. The zero-order chi connectivity index (χ0) is 13.2. The highest BCUT2D eigenvalue weighted by Crippen LogP contribution is 2.31. The van der Waals surface area contributed by atoms with E-state index in [0.717, 1.165) is 0 Å². The van der Waals surface area contributed by atoms with Crippen molar-refractivity contribution in [2.45, 2.75) is 25.6 Å². The minimum atomic E-state index is -4.43. The molecule has 3 nitrogen and oxygen atoms in total. The van der Waals surface area contributed by atoms with E-state index >= 15 is 0 Å². The summed E-state index contributed by atoms with van der Waals surface area (Å²) < 4.78 is 39.9. The summed E-state index contributed by atoms with van der Waals surface area (Å²) in [6.45, 7) is 0.764. The Morgan fingerprint density at radius 2 is 1.89 bits per heavy atom. The second-order valence-corrected chi connectivity index (χ2v) is 4.07. The number of benzene rings is 1. The summed E-state index contributed by atoms with van der Waals surface area (Å²) in [4.78, 5) is 3.67. The van der Waals surface area contributed by atoms with Gasteiger partial charge in [0.15, 0.2) is 0 Å². The number of para-hydroxylation sites is 2. The fourth-order valence-electron chi connectivity index (χ4n) is 1.93. The Balaban J connectivity index is 2.44. The molecule has 0 fully saturated rings. The maximum absolute atomic E-state index is 12.9. The van der Waals surface area contributed by atoms with Crippen LogP contribution in [-0.2, 0) is 12.7 Å². The van der Waals surface area contributed by atoms with Gasteiger partial charge in [0.05, 0.1) is 11.0 Å². The second-order valence-electron chi connectivity index (χ2n) is 4.07. The van der Waals surface area contributed by atoms with Gasteiger partial charge < -0.3 is 10.3 Å². The van der Waals surface area contributed by atoms with Gasteiger partial charge in [0.25, 0.3) is 0 Å². The zero-order valence-electron chi connectivity index (χ0n) is 9.74. The molecule has 18 heavy (non-hydrogen) atoms. The average Bonchev–Trinajstić information content (AvgIpc) is 2.69. The van der Waals surface area contributed by atoms with Crippen molar-refractivity contribution in [3.05, 3.63) is 30.1 Å². The van der Waals surface area contributed by atoms with Crippen LogP contribution in [0.5, 0.6) is 0 Å². The number of unbranched alkanes of at least 4 members (excludes halogenated alkanes) is 1. The van der Waals surface area contributed by atoms with Gasteiger partial charge in [0.1, 0.15) is 0 Å². The van der Waals surface area contributed by atoms with Crippen molar-refractivity contribution >= 4 is 11.0 Å². The summed E-state index contributed by atoms with van der Waals surface area (Å²) in [6.07, 6.45) is -3.12. The quantitative estimate of drug-likeness (QED) is 0.856. The first-order valence-corrected chi connectivity index (χ1v) is 5.76. The highest BCUT2D eigenvalue weighted by Gasteiger charge is 2.37. The molecule has 0 aliphatic rings. The Labute approximate surface area is 102 Å². The number of nitrogens with two attached hydrogens (primary N) is 1. The van der Waals surface area contributed by atoms with Crippen molar-refractivity contribution in [2.75, 3.05) is 6.54 Å². The van der Waals surface area contributed by atoms with Crippen LogP contribution in [0.1, 0.15) is 18.7 Å². The molecular formula is C12H14F3N3. The van der Waals surface area contributed by atoms with Gasteiger partial charge in [-0.25, -0.2) is 4.98 Å². The van der Waals surface area contributed by atoms with E-state index in [1.807, 2.05) is 0 Å². The number of halogens is 3. The average molecular weight is 257 g/mol. The normalized spacial score (nSPS) is 12.2. The molecule has 1 aromatic heterocycles. The van der Waals surface area contributed by atoms with Crippen LogP contribution in [0.3, 0.4) is 0 Å². The second kappa shape index (κ2) is 4.97. The van der Waals surface area contributed by atoms with Crippen molar-refractivity contribution in [3.63, 3.8) is 0 Å².